The fourth-order valence-corrected chi connectivity index (χ4v) is 3.66. The highest BCUT2D eigenvalue weighted by molar-refractivity contribution is 7.99. The van der Waals surface area contributed by atoms with E-state index in [1.807, 2.05) is 4.68 Å². The molecule has 102 valence electrons. The minimum atomic E-state index is 0.454. The van der Waals surface area contributed by atoms with Crippen molar-refractivity contribution < 1.29 is 0 Å². The van der Waals surface area contributed by atoms with Crippen LogP contribution in [0.2, 0.25) is 0 Å². The van der Waals surface area contributed by atoms with Gasteiger partial charge in [0.2, 0.25) is 0 Å². The van der Waals surface area contributed by atoms with E-state index in [-0.39, 0.29) is 0 Å². The van der Waals surface area contributed by atoms with Gasteiger partial charge < -0.3 is 5.32 Å². The van der Waals surface area contributed by atoms with E-state index in [1.165, 1.54) is 25.0 Å². The molecule has 0 bridgehead atoms. The number of rotatable bonds is 6. The first kappa shape index (κ1) is 13.9. The molecule has 4 heteroatoms. The summed E-state index contributed by atoms with van der Waals surface area (Å²) >= 11 is 2.11. The lowest BCUT2D eigenvalue weighted by atomic mass is 10.2. The van der Waals surface area contributed by atoms with Crippen LogP contribution in [0.25, 0.3) is 0 Å². The molecule has 1 aromatic rings. The predicted molar refractivity (Wildman–Crippen MR) is 79.0 cm³/mol. The smallest absolute Gasteiger partial charge is 0.0762 e. The van der Waals surface area contributed by atoms with Crippen molar-refractivity contribution in [2.24, 2.45) is 0 Å². The van der Waals surface area contributed by atoms with Gasteiger partial charge in [-0.05, 0) is 44.9 Å². The van der Waals surface area contributed by atoms with Gasteiger partial charge in [0.25, 0.3) is 0 Å². The first-order valence-corrected chi connectivity index (χ1v) is 8.13. The fourth-order valence-electron chi connectivity index (χ4n) is 2.52. The van der Waals surface area contributed by atoms with Crippen molar-refractivity contribution in [1.29, 1.82) is 0 Å². The van der Waals surface area contributed by atoms with Crippen molar-refractivity contribution in [3.63, 3.8) is 0 Å². The van der Waals surface area contributed by atoms with Gasteiger partial charge in [-0.3, -0.25) is 4.68 Å². The average Bonchev–Trinajstić information content (AvgIpc) is 2.95. The Balaban J connectivity index is 1.74. The highest BCUT2D eigenvalue weighted by Crippen LogP contribution is 2.29. The standard InChI is InChI=1S/C14H25N3S/c1-4-18-14-6-5-12(9-14)15-10-13-7-8-17(16-13)11(2)3/h7-8,11-12,14-15H,4-6,9-10H2,1-3H3. The van der Waals surface area contributed by atoms with Gasteiger partial charge in [-0.1, -0.05) is 6.92 Å². The number of hydrogen-bond acceptors (Lipinski definition) is 3. The Morgan fingerprint density at radius 3 is 3.00 bits per heavy atom. The molecule has 0 amide bonds. The molecule has 0 radical (unpaired) electrons. The van der Waals surface area contributed by atoms with Crippen LogP contribution in [0.15, 0.2) is 12.3 Å². The van der Waals surface area contributed by atoms with Gasteiger partial charge in [0.05, 0.1) is 5.69 Å². The van der Waals surface area contributed by atoms with E-state index < -0.39 is 0 Å². The van der Waals surface area contributed by atoms with Crippen molar-refractivity contribution in [2.75, 3.05) is 5.75 Å². The van der Waals surface area contributed by atoms with Gasteiger partial charge in [0.15, 0.2) is 0 Å². The highest BCUT2D eigenvalue weighted by Gasteiger charge is 2.23. The summed E-state index contributed by atoms with van der Waals surface area (Å²) in [4.78, 5) is 0. The van der Waals surface area contributed by atoms with E-state index >= 15 is 0 Å². The lowest BCUT2D eigenvalue weighted by molar-refractivity contribution is 0.497. The fraction of sp³-hybridized carbons (Fsp3) is 0.786. The van der Waals surface area contributed by atoms with Crippen LogP contribution in [-0.4, -0.2) is 26.8 Å². The van der Waals surface area contributed by atoms with Crippen molar-refractivity contribution in [3.05, 3.63) is 18.0 Å². The number of hydrogen-bond donors (Lipinski definition) is 1. The number of aromatic nitrogens is 2. The Morgan fingerprint density at radius 1 is 1.50 bits per heavy atom. The first-order chi connectivity index (χ1) is 8.69. The molecule has 3 nitrogen and oxygen atoms in total. The van der Waals surface area contributed by atoms with Gasteiger partial charge in [0.1, 0.15) is 0 Å². The summed E-state index contributed by atoms with van der Waals surface area (Å²) < 4.78 is 2.03. The second-order valence-electron chi connectivity index (χ2n) is 5.35. The summed E-state index contributed by atoms with van der Waals surface area (Å²) in [7, 11) is 0. The zero-order valence-corrected chi connectivity index (χ0v) is 12.5. The molecular weight excluding hydrogens is 242 g/mol. The number of nitrogens with one attached hydrogen (secondary N) is 1. The maximum Gasteiger partial charge on any atom is 0.0762 e. The Hall–Kier alpha value is -0.480. The molecule has 0 aromatic carbocycles. The SMILES string of the molecule is CCSC1CCC(NCc2ccn(C(C)C)n2)C1. The number of thioether (sulfide) groups is 1. The Kier molecular flexibility index (Phi) is 5.13. The highest BCUT2D eigenvalue weighted by atomic mass is 32.2. The molecule has 2 rings (SSSR count). The van der Waals surface area contributed by atoms with Crippen molar-refractivity contribution >= 4 is 11.8 Å². The second kappa shape index (κ2) is 6.62. The van der Waals surface area contributed by atoms with Crippen molar-refractivity contribution in [1.82, 2.24) is 15.1 Å². The van der Waals surface area contributed by atoms with Crippen LogP contribution in [-0.2, 0) is 6.54 Å². The van der Waals surface area contributed by atoms with Gasteiger partial charge in [0, 0.05) is 30.1 Å². The summed E-state index contributed by atoms with van der Waals surface area (Å²) in [5.74, 6) is 1.25. The Bertz CT molecular complexity index is 362. The van der Waals surface area contributed by atoms with E-state index in [0.29, 0.717) is 12.1 Å². The Labute approximate surface area is 115 Å². The van der Waals surface area contributed by atoms with Gasteiger partial charge in [-0.25, -0.2) is 0 Å². The molecule has 1 aromatic heterocycles. The Morgan fingerprint density at radius 2 is 2.33 bits per heavy atom. The normalized spacial score (nSPS) is 24.0. The third kappa shape index (κ3) is 3.75. The molecule has 2 atom stereocenters. The van der Waals surface area contributed by atoms with Crippen LogP contribution < -0.4 is 5.32 Å². The molecule has 0 spiro atoms. The maximum atomic E-state index is 4.58. The molecule has 18 heavy (non-hydrogen) atoms. The topological polar surface area (TPSA) is 29.9 Å². The molecule has 1 aliphatic carbocycles. The molecule has 2 unspecified atom stereocenters. The van der Waals surface area contributed by atoms with Crippen LogP contribution >= 0.6 is 11.8 Å². The van der Waals surface area contributed by atoms with Gasteiger partial charge in [-0.2, -0.15) is 16.9 Å². The predicted octanol–water partition coefficient (Wildman–Crippen LogP) is 3.23. The molecule has 1 N–H and O–H groups in total. The number of nitrogens with zero attached hydrogens (tertiary/aromatic N) is 2. The minimum Gasteiger partial charge on any atom is -0.308 e. The zero-order chi connectivity index (χ0) is 13.0. The molecule has 1 heterocycles. The largest absolute Gasteiger partial charge is 0.308 e. The quantitative estimate of drug-likeness (QED) is 0.858. The summed E-state index contributed by atoms with van der Waals surface area (Å²) in [5.41, 5.74) is 1.16. The molecule has 1 aliphatic rings. The van der Waals surface area contributed by atoms with E-state index in [4.69, 9.17) is 0 Å². The summed E-state index contributed by atoms with van der Waals surface area (Å²) in [6.45, 7) is 7.49. The lowest BCUT2D eigenvalue weighted by Gasteiger charge is -2.12. The molecule has 0 saturated heterocycles. The van der Waals surface area contributed by atoms with Crippen LogP contribution in [0.3, 0.4) is 0 Å². The van der Waals surface area contributed by atoms with Crippen LogP contribution in [0.5, 0.6) is 0 Å². The van der Waals surface area contributed by atoms with E-state index in [2.05, 4.69) is 55.2 Å². The first-order valence-electron chi connectivity index (χ1n) is 7.08. The minimum absolute atomic E-state index is 0.454. The molecule has 0 aliphatic heterocycles. The van der Waals surface area contributed by atoms with E-state index in [0.717, 1.165) is 17.5 Å². The second-order valence-corrected chi connectivity index (χ2v) is 6.93. The van der Waals surface area contributed by atoms with Crippen LogP contribution in [0.4, 0.5) is 0 Å². The van der Waals surface area contributed by atoms with Crippen LogP contribution in [0.1, 0.15) is 51.8 Å². The van der Waals surface area contributed by atoms with E-state index in [9.17, 15) is 0 Å². The van der Waals surface area contributed by atoms with Crippen molar-refractivity contribution in [2.45, 2.75) is 63.9 Å². The van der Waals surface area contributed by atoms with Gasteiger partial charge in [-0.15, -0.1) is 0 Å². The van der Waals surface area contributed by atoms with Gasteiger partial charge >= 0.3 is 0 Å². The third-order valence-electron chi connectivity index (χ3n) is 3.55. The average molecular weight is 267 g/mol. The third-order valence-corrected chi connectivity index (χ3v) is 4.78. The summed E-state index contributed by atoms with van der Waals surface area (Å²) in [5, 5.41) is 9.10. The summed E-state index contributed by atoms with van der Waals surface area (Å²) in [6, 6.07) is 3.27. The van der Waals surface area contributed by atoms with Crippen LogP contribution in [0, 0.1) is 0 Å². The van der Waals surface area contributed by atoms with Crippen molar-refractivity contribution in [3.8, 4) is 0 Å². The lowest BCUT2D eigenvalue weighted by Crippen LogP contribution is -2.26. The molecule has 1 fully saturated rings. The monoisotopic (exact) mass is 267 g/mol. The maximum absolute atomic E-state index is 4.58. The molecular formula is C14H25N3S. The van der Waals surface area contributed by atoms with E-state index in [1.54, 1.807) is 0 Å². The summed E-state index contributed by atoms with van der Waals surface area (Å²) in [6.07, 6.45) is 6.09. The molecule has 1 saturated carbocycles. The zero-order valence-electron chi connectivity index (χ0n) is 11.7.